The molecule has 0 aliphatic heterocycles. The van der Waals surface area contributed by atoms with Crippen molar-refractivity contribution in [3.63, 3.8) is 0 Å². The fourth-order valence-electron chi connectivity index (χ4n) is 5.27. The number of hydrogen-bond acceptors (Lipinski definition) is 11. The lowest BCUT2D eigenvalue weighted by atomic mass is 10.1. The van der Waals surface area contributed by atoms with Gasteiger partial charge in [0.25, 0.3) is 0 Å². The standard InChI is InChI=1S/C36H33FN8O5/c1-22-12-15-39-36(44-22)50-31-10-7-26(16-28(31)37)45-29(19-49-32-11-6-25(18-40-32)30(47)13-14-38-21-46)23(2)33-34(45)35(43-20-42-33)41-17-24-4-8-27(48-3)9-5-24/h4-12,15-16,18,20-21H,13-14,17,19H2,1-3H3,(H,38,46)(H,41,42,43). The summed E-state index contributed by atoms with van der Waals surface area (Å²) in [7, 11) is 1.62. The number of nitrogens with one attached hydrogen (secondary N) is 2. The second-order valence-corrected chi connectivity index (χ2v) is 11.1. The Morgan fingerprint density at radius 2 is 1.84 bits per heavy atom. The molecule has 0 unspecified atom stereocenters. The zero-order chi connectivity index (χ0) is 35.0. The summed E-state index contributed by atoms with van der Waals surface area (Å²) in [5.74, 6) is 0.721. The molecule has 50 heavy (non-hydrogen) atoms. The predicted octanol–water partition coefficient (Wildman–Crippen LogP) is 5.67. The summed E-state index contributed by atoms with van der Waals surface area (Å²) in [6.45, 7) is 4.41. The summed E-state index contributed by atoms with van der Waals surface area (Å²) < 4.78 is 34.6. The zero-order valence-corrected chi connectivity index (χ0v) is 27.5. The molecule has 2 N–H and O–H groups in total. The number of ether oxygens (including phenoxy) is 3. The number of rotatable bonds is 15. The van der Waals surface area contributed by atoms with Gasteiger partial charge in [-0.05, 0) is 55.8 Å². The van der Waals surface area contributed by atoms with Gasteiger partial charge in [0.2, 0.25) is 12.3 Å². The number of methoxy groups -OCH3 is 1. The first-order chi connectivity index (χ1) is 24.3. The number of pyridine rings is 1. The number of Topliss-reactive ketones (excluding diaryl/α,β-unsaturated/α-hetero) is 1. The molecule has 0 saturated heterocycles. The van der Waals surface area contributed by atoms with Crippen molar-refractivity contribution in [3.8, 4) is 29.1 Å². The molecule has 254 valence electrons. The number of amides is 1. The van der Waals surface area contributed by atoms with Gasteiger partial charge < -0.3 is 29.4 Å². The molecule has 6 rings (SSSR count). The minimum atomic E-state index is -0.631. The molecule has 4 heterocycles. The fourth-order valence-corrected chi connectivity index (χ4v) is 5.27. The van der Waals surface area contributed by atoms with Crippen LogP contribution in [0, 0.1) is 19.7 Å². The van der Waals surface area contributed by atoms with Crippen LogP contribution in [0.5, 0.6) is 23.4 Å². The molecular formula is C36H33FN8O5. The van der Waals surface area contributed by atoms with E-state index in [1.807, 2.05) is 35.8 Å². The van der Waals surface area contributed by atoms with Crippen LogP contribution in [0.4, 0.5) is 10.2 Å². The molecule has 0 radical (unpaired) electrons. The third kappa shape index (κ3) is 7.49. The Balaban J connectivity index is 1.34. The van der Waals surface area contributed by atoms with Crippen LogP contribution in [0.2, 0.25) is 0 Å². The van der Waals surface area contributed by atoms with Crippen LogP contribution < -0.4 is 24.8 Å². The SMILES string of the molecule is COc1ccc(CNc2ncnc3c(C)c(COc4ccc(C(=O)CCNC=O)cn4)n(-c4ccc(Oc5nccc(C)n5)c(F)c4)c23)cc1. The van der Waals surface area contributed by atoms with E-state index in [0.29, 0.717) is 52.4 Å². The van der Waals surface area contributed by atoms with E-state index in [1.54, 1.807) is 44.5 Å². The number of anilines is 1. The van der Waals surface area contributed by atoms with Crippen LogP contribution >= 0.6 is 0 Å². The van der Waals surface area contributed by atoms with Crippen molar-refractivity contribution in [1.82, 2.24) is 34.8 Å². The lowest BCUT2D eigenvalue weighted by Gasteiger charge is -2.15. The van der Waals surface area contributed by atoms with E-state index in [1.165, 1.54) is 24.7 Å². The van der Waals surface area contributed by atoms with E-state index < -0.39 is 5.82 Å². The van der Waals surface area contributed by atoms with Crippen molar-refractivity contribution in [3.05, 3.63) is 113 Å². The monoisotopic (exact) mass is 676 g/mol. The van der Waals surface area contributed by atoms with E-state index in [0.717, 1.165) is 16.9 Å². The van der Waals surface area contributed by atoms with E-state index in [2.05, 4.69) is 35.6 Å². The smallest absolute Gasteiger partial charge is 0.322 e. The average Bonchev–Trinajstić information content (AvgIpc) is 3.42. The maximum absolute atomic E-state index is 15.7. The fraction of sp³-hybridized carbons (Fsp3) is 0.194. The molecule has 6 aromatic rings. The van der Waals surface area contributed by atoms with Gasteiger partial charge in [0, 0.05) is 66.5 Å². The van der Waals surface area contributed by atoms with E-state index >= 15 is 4.39 Å². The maximum atomic E-state index is 15.7. The lowest BCUT2D eigenvalue weighted by Crippen LogP contribution is -2.16. The number of halogens is 1. The Kier molecular flexibility index (Phi) is 10.2. The molecule has 0 fully saturated rings. The number of aromatic nitrogens is 6. The molecule has 13 nitrogen and oxygen atoms in total. The highest BCUT2D eigenvalue weighted by Gasteiger charge is 2.22. The third-order valence-electron chi connectivity index (χ3n) is 7.87. The molecule has 4 aromatic heterocycles. The number of benzene rings is 2. The maximum Gasteiger partial charge on any atom is 0.322 e. The molecule has 14 heteroatoms. The second kappa shape index (κ2) is 15.2. The highest BCUT2D eigenvalue weighted by Crippen LogP contribution is 2.34. The van der Waals surface area contributed by atoms with E-state index in [-0.39, 0.29) is 43.0 Å². The highest BCUT2D eigenvalue weighted by atomic mass is 19.1. The van der Waals surface area contributed by atoms with Crippen molar-refractivity contribution in [2.24, 2.45) is 0 Å². The van der Waals surface area contributed by atoms with Gasteiger partial charge in [0.1, 0.15) is 24.2 Å². The Labute approximate surface area is 286 Å². The van der Waals surface area contributed by atoms with Crippen molar-refractivity contribution < 1.29 is 28.2 Å². The van der Waals surface area contributed by atoms with Crippen molar-refractivity contribution in [2.45, 2.75) is 33.4 Å². The van der Waals surface area contributed by atoms with Crippen molar-refractivity contribution >= 4 is 29.0 Å². The number of ketones is 1. The first-order valence-corrected chi connectivity index (χ1v) is 15.6. The van der Waals surface area contributed by atoms with Gasteiger partial charge in [-0.2, -0.15) is 0 Å². The van der Waals surface area contributed by atoms with Crippen LogP contribution in [0.15, 0.2) is 79.4 Å². The normalized spacial score (nSPS) is 10.9. The Bertz CT molecular complexity index is 2140. The molecule has 0 saturated carbocycles. The summed E-state index contributed by atoms with van der Waals surface area (Å²) in [5.41, 5.74) is 5.26. The van der Waals surface area contributed by atoms with E-state index in [4.69, 9.17) is 14.2 Å². The zero-order valence-electron chi connectivity index (χ0n) is 27.5. The number of fused-ring (bicyclic) bond motifs is 1. The van der Waals surface area contributed by atoms with Crippen LogP contribution in [-0.2, 0) is 17.9 Å². The van der Waals surface area contributed by atoms with Gasteiger partial charge in [0.05, 0.1) is 18.3 Å². The minimum absolute atomic E-state index is 0.0284. The van der Waals surface area contributed by atoms with Crippen LogP contribution in [0.25, 0.3) is 16.7 Å². The summed E-state index contributed by atoms with van der Waals surface area (Å²) in [6.07, 6.45) is 5.14. The Morgan fingerprint density at radius 1 is 1.00 bits per heavy atom. The summed E-state index contributed by atoms with van der Waals surface area (Å²) in [5, 5.41) is 5.88. The second-order valence-electron chi connectivity index (χ2n) is 11.1. The topological polar surface area (TPSA) is 155 Å². The highest BCUT2D eigenvalue weighted by molar-refractivity contribution is 5.96. The summed E-state index contributed by atoms with van der Waals surface area (Å²) in [6, 6.07) is 17.2. The molecule has 0 atom stereocenters. The molecular weight excluding hydrogens is 643 g/mol. The molecule has 0 spiro atoms. The van der Waals surface area contributed by atoms with Crippen LogP contribution in [-0.4, -0.2) is 55.3 Å². The van der Waals surface area contributed by atoms with Gasteiger partial charge in [-0.3, -0.25) is 9.59 Å². The Morgan fingerprint density at radius 3 is 2.56 bits per heavy atom. The largest absolute Gasteiger partial charge is 0.497 e. The number of aryl methyl sites for hydroxylation is 2. The molecule has 0 aliphatic carbocycles. The molecule has 1 amide bonds. The van der Waals surface area contributed by atoms with Gasteiger partial charge in [-0.25, -0.2) is 29.3 Å². The first-order valence-electron chi connectivity index (χ1n) is 15.6. The van der Waals surface area contributed by atoms with Crippen molar-refractivity contribution in [1.29, 1.82) is 0 Å². The summed E-state index contributed by atoms with van der Waals surface area (Å²) in [4.78, 5) is 44.7. The average molecular weight is 677 g/mol. The molecule has 0 aliphatic rings. The van der Waals surface area contributed by atoms with Crippen molar-refractivity contribution in [2.75, 3.05) is 19.0 Å². The number of carbonyl (C=O) groups excluding carboxylic acids is 2. The van der Waals surface area contributed by atoms with Gasteiger partial charge in [0.15, 0.2) is 23.2 Å². The van der Waals surface area contributed by atoms with E-state index in [9.17, 15) is 9.59 Å². The first kappa shape index (κ1) is 33.5. The lowest BCUT2D eigenvalue weighted by molar-refractivity contribution is -0.109. The van der Waals surface area contributed by atoms with Gasteiger partial charge in [-0.15, -0.1) is 0 Å². The third-order valence-corrected chi connectivity index (χ3v) is 7.87. The quantitative estimate of drug-likeness (QED) is 0.0785. The van der Waals surface area contributed by atoms with Gasteiger partial charge >= 0.3 is 6.01 Å². The van der Waals surface area contributed by atoms with Crippen LogP contribution in [0.1, 0.15) is 39.3 Å². The molecule has 0 bridgehead atoms. The number of nitrogens with zero attached hydrogens (tertiary/aromatic N) is 6. The van der Waals surface area contributed by atoms with Gasteiger partial charge in [-0.1, -0.05) is 12.1 Å². The summed E-state index contributed by atoms with van der Waals surface area (Å²) >= 11 is 0. The molecule has 2 aromatic carbocycles. The number of carbonyl (C=O) groups is 2. The number of hydrogen-bond donors (Lipinski definition) is 2. The predicted molar refractivity (Wildman–Crippen MR) is 182 cm³/mol. The van der Waals surface area contributed by atoms with Crippen LogP contribution in [0.3, 0.4) is 0 Å². The minimum Gasteiger partial charge on any atom is -0.497 e. The Hall–Kier alpha value is -6.44.